The Morgan fingerprint density at radius 1 is 1.14 bits per heavy atom. The second-order valence-electron chi connectivity index (χ2n) is 6.40. The highest BCUT2D eigenvalue weighted by atomic mass is 32.1. The van der Waals surface area contributed by atoms with Crippen LogP contribution >= 0.6 is 11.3 Å². The lowest BCUT2D eigenvalue weighted by Gasteiger charge is -2.34. The predicted molar refractivity (Wildman–Crippen MR) is 99.2 cm³/mol. The highest BCUT2D eigenvalue weighted by Gasteiger charge is 2.34. The van der Waals surface area contributed by atoms with Gasteiger partial charge in [0.2, 0.25) is 5.91 Å². The summed E-state index contributed by atoms with van der Waals surface area (Å²) in [5.41, 5.74) is 0.541. The number of hydrogen-bond donors (Lipinski definition) is 1. The molecule has 1 aromatic heterocycles. The molecule has 6 nitrogen and oxygen atoms in total. The van der Waals surface area contributed by atoms with Crippen molar-refractivity contribution in [3.8, 4) is 0 Å². The van der Waals surface area contributed by atoms with Crippen LogP contribution in [0.3, 0.4) is 0 Å². The van der Waals surface area contributed by atoms with Gasteiger partial charge in [-0.25, -0.2) is 4.98 Å². The standard InChI is InChI=1S/C18H19F3N4O2S/c1-12(26)22-10-13-2-4-14(5-3-13)16(27)24-6-8-25(9-7-24)17-23-15(11-28-17)18(19,20)21/h2-5,11H,6-10H2,1H3,(H,22,26). The zero-order valence-electron chi connectivity index (χ0n) is 15.1. The molecule has 0 spiro atoms. The number of benzene rings is 1. The molecule has 0 atom stereocenters. The maximum atomic E-state index is 12.7. The van der Waals surface area contributed by atoms with Gasteiger partial charge in [0.15, 0.2) is 10.8 Å². The van der Waals surface area contributed by atoms with Gasteiger partial charge in [-0.3, -0.25) is 9.59 Å². The molecule has 0 radical (unpaired) electrons. The lowest BCUT2D eigenvalue weighted by atomic mass is 10.1. The van der Waals surface area contributed by atoms with Crippen LogP contribution in [0.2, 0.25) is 0 Å². The Kier molecular flexibility index (Phi) is 5.87. The van der Waals surface area contributed by atoms with Crippen molar-refractivity contribution in [2.45, 2.75) is 19.6 Å². The van der Waals surface area contributed by atoms with E-state index in [4.69, 9.17) is 0 Å². The number of aromatic nitrogens is 1. The first-order chi connectivity index (χ1) is 13.2. The third kappa shape index (κ3) is 4.80. The van der Waals surface area contributed by atoms with Crippen molar-refractivity contribution < 1.29 is 22.8 Å². The van der Waals surface area contributed by atoms with E-state index in [0.717, 1.165) is 22.3 Å². The molecule has 2 heterocycles. The molecule has 2 amide bonds. The number of nitrogens with one attached hydrogen (secondary N) is 1. The smallest absolute Gasteiger partial charge is 0.352 e. The molecule has 0 aliphatic carbocycles. The maximum Gasteiger partial charge on any atom is 0.434 e. The Labute approximate surface area is 164 Å². The quantitative estimate of drug-likeness (QED) is 0.839. The number of alkyl halides is 3. The largest absolute Gasteiger partial charge is 0.434 e. The van der Waals surface area contributed by atoms with Crippen LogP contribution in [0.5, 0.6) is 0 Å². The van der Waals surface area contributed by atoms with E-state index in [1.165, 1.54) is 6.92 Å². The first-order valence-corrected chi connectivity index (χ1v) is 9.52. The summed E-state index contributed by atoms with van der Waals surface area (Å²) in [6, 6.07) is 6.99. The monoisotopic (exact) mass is 412 g/mol. The van der Waals surface area contributed by atoms with E-state index in [1.807, 2.05) is 0 Å². The summed E-state index contributed by atoms with van der Waals surface area (Å²) in [6.07, 6.45) is -4.45. The van der Waals surface area contributed by atoms with Gasteiger partial charge in [-0.05, 0) is 17.7 Å². The second kappa shape index (κ2) is 8.17. The van der Waals surface area contributed by atoms with E-state index in [0.29, 0.717) is 43.4 Å². The minimum absolute atomic E-state index is 0.124. The molecule has 1 saturated heterocycles. The van der Waals surface area contributed by atoms with Crippen LogP contribution in [0.15, 0.2) is 29.6 Å². The fraction of sp³-hybridized carbons (Fsp3) is 0.389. The van der Waals surface area contributed by atoms with Crippen LogP contribution in [0.4, 0.5) is 18.3 Å². The van der Waals surface area contributed by atoms with E-state index in [-0.39, 0.29) is 11.8 Å². The Morgan fingerprint density at radius 3 is 2.32 bits per heavy atom. The second-order valence-corrected chi connectivity index (χ2v) is 7.24. The highest BCUT2D eigenvalue weighted by Crippen LogP contribution is 2.33. The molecule has 28 heavy (non-hydrogen) atoms. The normalized spacial score (nSPS) is 14.9. The number of halogens is 3. The molecule has 0 unspecified atom stereocenters. The lowest BCUT2D eigenvalue weighted by molar-refractivity contribution is -0.140. The van der Waals surface area contributed by atoms with E-state index < -0.39 is 11.9 Å². The number of carbonyl (C=O) groups excluding carboxylic acids is 2. The van der Waals surface area contributed by atoms with Crippen molar-refractivity contribution in [3.63, 3.8) is 0 Å². The minimum Gasteiger partial charge on any atom is -0.352 e. The number of amides is 2. The molecule has 1 fully saturated rings. The summed E-state index contributed by atoms with van der Waals surface area (Å²) in [4.78, 5) is 30.7. The van der Waals surface area contributed by atoms with Crippen LogP contribution in [0.25, 0.3) is 0 Å². The molecule has 1 N–H and O–H groups in total. The molecule has 1 aliphatic heterocycles. The summed E-state index contributed by atoms with van der Waals surface area (Å²) in [5, 5.41) is 4.02. The molecular weight excluding hydrogens is 393 g/mol. The van der Waals surface area contributed by atoms with Crippen molar-refractivity contribution >= 4 is 28.3 Å². The maximum absolute atomic E-state index is 12.7. The van der Waals surface area contributed by atoms with E-state index in [1.54, 1.807) is 34.1 Å². The Morgan fingerprint density at radius 2 is 1.79 bits per heavy atom. The third-order valence-electron chi connectivity index (χ3n) is 4.36. The number of hydrogen-bond acceptors (Lipinski definition) is 5. The Balaban J connectivity index is 1.56. The molecule has 150 valence electrons. The number of piperazine rings is 1. The van der Waals surface area contributed by atoms with Gasteiger partial charge in [-0.1, -0.05) is 12.1 Å². The molecule has 1 aromatic carbocycles. The molecule has 3 rings (SSSR count). The van der Waals surface area contributed by atoms with Crippen molar-refractivity contribution in [3.05, 3.63) is 46.5 Å². The fourth-order valence-corrected chi connectivity index (χ4v) is 3.70. The minimum atomic E-state index is -4.45. The van der Waals surface area contributed by atoms with E-state index in [9.17, 15) is 22.8 Å². The molecular formula is C18H19F3N4O2S. The van der Waals surface area contributed by atoms with E-state index in [2.05, 4.69) is 10.3 Å². The van der Waals surface area contributed by atoms with Crippen molar-refractivity contribution in [2.24, 2.45) is 0 Å². The number of thiazole rings is 1. The van der Waals surface area contributed by atoms with Gasteiger partial charge in [-0.2, -0.15) is 13.2 Å². The van der Waals surface area contributed by atoms with Gasteiger partial charge in [0.1, 0.15) is 0 Å². The van der Waals surface area contributed by atoms with Crippen LogP contribution < -0.4 is 10.2 Å². The average molecular weight is 412 g/mol. The Bertz CT molecular complexity index is 843. The number of nitrogens with zero attached hydrogens (tertiary/aromatic N) is 3. The van der Waals surface area contributed by atoms with Gasteiger partial charge >= 0.3 is 6.18 Å². The van der Waals surface area contributed by atoms with Crippen LogP contribution in [0, 0.1) is 0 Å². The number of carbonyl (C=O) groups is 2. The summed E-state index contributed by atoms with van der Waals surface area (Å²) in [5.74, 6) is -0.249. The van der Waals surface area contributed by atoms with Gasteiger partial charge in [-0.15, -0.1) is 11.3 Å². The SMILES string of the molecule is CC(=O)NCc1ccc(C(=O)N2CCN(c3nc(C(F)(F)F)cs3)CC2)cc1. The lowest BCUT2D eigenvalue weighted by Crippen LogP contribution is -2.48. The van der Waals surface area contributed by atoms with Crippen LogP contribution in [-0.4, -0.2) is 47.9 Å². The first kappa shape index (κ1) is 20.1. The summed E-state index contributed by atoms with van der Waals surface area (Å²) in [7, 11) is 0. The molecule has 2 aromatic rings. The molecule has 10 heteroatoms. The Hall–Kier alpha value is -2.62. The topological polar surface area (TPSA) is 65.5 Å². The van der Waals surface area contributed by atoms with Gasteiger partial charge in [0.05, 0.1) is 0 Å². The van der Waals surface area contributed by atoms with Crippen molar-refractivity contribution in [2.75, 3.05) is 31.1 Å². The van der Waals surface area contributed by atoms with Gasteiger partial charge in [0.25, 0.3) is 5.91 Å². The zero-order chi connectivity index (χ0) is 20.3. The van der Waals surface area contributed by atoms with Crippen LogP contribution in [0.1, 0.15) is 28.5 Å². The van der Waals surface area contributed by atoms with Crippen molar-refractivity contribution in [1.82, 2.24) is 15.2 Å². The fourth-order valence-electron chi connectivity index (χ4n) is 2.81. The summed E-state index contributed by atoms with van der Waals surface area (Å²) < 4.78 is 38.1. The van der Waals surface area contributed by atoms with E-state index >= 15 is 0 Å². The molecule has 0 bridgehead atoms. The summed E-state index contributed by atoms with van der Waals surface area (Å²) >= 11 is 0.959. The number of anilines is 1. The van der Waals surface area contributed by atoms with Gasteiger partial charge < -0.3 is 15.1 Å². The highest BCUT2D eigenvalue weighted by molar-refractivity contribution is 7.13. The molecule has 1 aliphatic rings. The average Bonchev–Trinajstić information content (AvgIpc) is 3.17. The summed E-state index contributed by atoms with van der Waals surface area (Å²) in [6.45, 7) is 3.51. The number of rotatable bonds is 4. The third-order valence-corrected chi connectivity index (χ3v) is 5.26. The molecule has 0 saturated carbocycles. The van der Waals surface area contributed by atoms with Crippen LogP contribution in [-0.2, 0) is 17.5 Å². The van der Waals surface area contributed by atoms with Crippen molar-refractivity contribution in [1.29, 1.82) is 0 Å². The van der Waals surface area contributed by atoms with Gasteiger partial charge in [0, 0.05) is 50.6 Å². The first-order valence-electron chi connectivity index (χ1n) is 8.64. The zero-order valence-corrected chi connectivity index (χ0v) is 15.9. The predicted octanol–water partition coefficient (Wildman–Crippen LogP) is 2.76.